The molecule has 0 spiro atoms. The average Bonchev–Trinajstić information content (AvgIpc) is 2.61. The Hall–Kier alpha value is -2.73. The Morgan fingerprint density at radius 3 is 2.50 bits per heavy atom. The number of aromatic nitrogens is 4. The number of nitrogens with one attached hydrogen (secondary N) is 2. The van der Waals surface area contributed by atoms with Gasteiger partial charge in [-0.15, -0.1) is 0 Å². The molecule has 2 N–H and O–H groups in total. The minimum atomic E-state index is 0.433. The van der Waals surface area contributed by atoms with Crippen molar-refractivity contribution in [3.05, 3.63) is 58.9 Å². The first-order chi connectivity index (χ1) is 12.6. The van der Waals surface area contributed by atoms with Crippen molar-refractivity contribution in [2.45, 2.75) is 33.6 Å². The van der Waals surface area contributed by atoms with E-state index in [0.717, 1.165) is 35.7 Å². The summed E-state index contributed by atoms with van der Waals surface area (Å²) >= 11 is 6.10. The Bertz CT molecular complexity index is 912. The van der Waals surface area contributed by atoms with Crippen LogP contribution in [0.15, 0.2) is 36.7 Å². The number of halogens is 1. The van der Waals surface area contributed by atoms with Gasteiger partial charge in [-0.05, 0) is 31.0 Å². The Kier molecular flexibility index (Phi) is 5.63. The van der Waals surface area contributed by atoms with Gasteiger partial charge in [-0.1, -0.05) is 31.5 Å². The molecule has 2 aromatic heterocycles. The van der Waals surface area contributed by atoms with E-state index < -0.39 is 0 Å². The van der Waals surface area contributed by atoms with E-state index in [1.165, 1.54) is 5.56 Å². The average molecular weight is 369 g/mol. The zero-order valence-electron chi connectivity index (χ0n) is 15.0. The van der Waals surface area contributed by atoms with Crippen molar-refractivity contribution in [1.29, 1.82) is 0 Å². The molecular weight excluding hydrogens is 348 g/mol. The summed E-state index contributed by atoms with van der Waals surface area (Å²) in [4.78, 5) is 17.1. The number of anilines is 4. The Morgan fingerprint density at radius 1 is 0.923 bits per heavy atom. The molecule has 0 aliphatic rings. The molecule has 0 unspecified atom stereocenters. The van der Waals surface area contributed by atoms with Crippen LogP contribution in [0.25, 0.3) is 0 Å². The van der Waals surface area contributed by atoms with E-state index in [0.29, 0.717) is 16.8 Å². The van der Waals surface area contributed by atoms with Crippen LogP contribution in [0.4, 0.5) is 23.0 Å². The van der Waals surface area contributed by atoms with Crippen LogP contribution in [-0.4, -0.2) is 19.9 Å². The monoisotopic (exact) mass is 368 g/mol. The van der Waals surface area contributed by atoms with E-state index in [4.69, 9.17) is 11.6 Å². The summed E-state index contributed by atoms with van der Waals surface area (Å²) in [5.41, 5.74) is 4.00. The molecule has 0 amide bonds. The molecule has 3 rings (SSSR count). The van der Waals surface area contributed by atoms with E-state index >= 15 is 0 Å². The van der Waals surface area contributed by atoms with Crippen LogP contribution in [0.5, 0.6) is 0 Å². The van der Waals surface area contributed by atoms with Crippen molar-refractivity contribution in [3.63, 3.8) is 0 Å². The molecule has 3 aromatic rings. The predicted molar refractivity (Wildman–Crippen MR) is 106 cm³/mol. The number of hydrogen-bond acceptors (Lipinski definition) is 6. The van der Waals surface area contributed by atoms with Crippen molar-refractivity contribution >= 4 is 34.6 Å². The molecule has 7 heteroatoms. The lowest BCUT2D eigenvalue weighted by atomic mass is 10.1. The first-order valence-corrected chi connectivity index (χ1v) is 8.94. The lowest BCUT2D eigenvalue weighted by Gasteiger charge is -2.14. The SMILES string of the molecule is CCc1nc(Cl)cc(Nc2cc(Nc3cc(C)ncn3)ccc2CC)n1. The number of aryl methyl sites for hydroxylation is 3. The zero-order chi connectivity index (χ0) is 18.5. The molecule has 0 aliphatic carbocycles. The van der Waals surface area contributed by atoms with Gasteiger partial charge in [0.15, 0.2) is 0 Å². The summed E-state index contributed by atoms with van der Waals surface area (Å²) < 4.78 is 0. The predicted octanol–water partition coefficient (Wildman–Crippen LogP) is 4.84. The van der Waals surface area contributed by atoms with Gasteiger partial charge < -0.3 is 10.6 Å². The normalized spacial score (nSPS) is 10.6. The van der Waals surface area contributed by atoms with E-state index in [9.17, 15) is 0 Å². The second-order valence-electron chi connectivity index (χ2n) is 5.87. The van der Waals surface area contributed by atoms with E-state index in [1.807, 2.05) is 32.0 Å². The summed E-state index contributed by atoms with van der Waals surface area (Å²) in [5, 5.41) is 7.11. The maximum Gasteiger partial charge on any atom is 0.135 e. The van der Waals surface area contributed by atoms with Gasteiger partial charge in [-0.2, -0.15) is 0 Å². The van der Waals surface area contributed by atoms with Crippen molar-refractivity contribution < 1.29 is 0 Å². The molecule has 1 aromatic carbocycles. The fraction of sp³-hybridized carbons (Fsp3) is 0.263. The maximum absolute atomic E-state index is 6.10. The molecule has 0 atom stereocenters. The third-order valence-corrected chi connectivity index (χ3v) is 4.08. The number of benzene rings is 1. The highest BCUT2D eigenvalue weighted by Crippen LogP contribution is 2.27. The summed E-state index contributed by atoms with van der Waals surface area (Å²) in [6.45, 7) is 6.05. The van der Waals surface area contributed by atoms with Crippen LogP contribution in [0.3, 0.4) is 0 Å². The first-order valence-electron chi connectivity index (χ1n) is 8.56. The molecule has 0 saturated carbocycles. The van der Waals surface area contributed by atoms with Gasteiger partial charge in [0.05, 0.1) is 0 Å². The maximum atomic E-state index is 6.10. The highest BCUT2D eigenvalue weighted by molar-refractivity contribution is 6.29. The van der Waals surface area contributed by atoms with Crippen molar-refractivity contribution in [2.24, 2.45) is 0 Å². The lowest BCUT2D eigenvalue weighted by molar-refractivity contribution is 0.943. The third-order valence-electron chi connectivity index (χ3n) is 3.89. The van der Waals surface area contributed by atoms with Crippen LogP contribution in [0.2, 0.25) is 5.15 Å². The van der Waals surface area contributed by atoms with Gasteiger partial charge in [-0.25, -0.2) is 19.9 Å². The smallest absolute Gasteiger partial charge is 0.135 e. The summed E-state index contributed by atoms with van der Waals surface area (Å²) in [5.74, 6) is 2.15. The van der Waals surface area contributed by atoms with Gasteiger partial charge in [0.25, 0.3) is 0 Å². The number of nitrogens with zero attached hydrogens (tertiary/aromatic N) is 4. The molecule has 0 saturated heterocycles. The highest BCUT2D eigenvalue weighted by atomic mass is 35.5. The van der Waals surface area contributed by atoms with Gasteiger partial charge in [-0.3, -0.25) is 0 Å². The molecule has 134 valence electrons. The van der Waals surface area contributed by atoms with Gasteiger partial charge in [0, 0.05) is 35.6 Å². The molecule has 2 heterocycles. The molecule has 0 aliphatic heterocycles. The molecule has 0 bridgehead atoms. The van der Waals surface area contributed by atoms with Gasteiger partial charge in [0.2, 0.25) is 0 Å². The second-order valence-corrected chi connectivity index (χ2v) is 6.25. The van der Waals surface area contributed by atoms with E-state index in [2.05, 4.69) is 43.6 Å². The van der Waals surface area contributed by atoms with Gasteiger partial charge in [0.1, 0.15) is 28.9 Å². The fourth-order valence-corrected chi connectivity index (χ4v) is 2.78. The van der Waals surface area contributed by atoms with Crippen LogP contribution >= 0.6 is 11.6 Å². The Balaban J connectivity index is 1.89. The van der Waals surface area contributed by atoms with E-state index in [1.54, 1.807) is 12.4 Å². The summed E-state index contributed by atoms with van der Waals surface area (Å²) in [6.07, 6.45) is 3.17. The van der Waals surface area contributed by atoms with Crippen LogP contribution in [0, 0.1) is 6.92 Å². The highest BCUT2D eigenvalue weighted by Gasteiger charge is 2.07. The van der Waals surface area contributed by atoms with Crippen molar-refractivity contribution in [1.82, 2.24) is 19.9 Å². The first kappa shape index (κ1) is 18.1. The Morgan fingerprint density at radius 2 is 1.77 bits per heavy atom. The number of rotatable bonds is 6. The Labute approximate surface area is 158 Å². The molecule has 0 radical (unpaired) electrons. The third kappa shape index (κ3) is 4.46. The second kappa shape index (κ2) is 8.10. The fourth-order valence-electron chi connectivity index (χ4n) is 2.57. The molecule has 6 nitrogen and oxygen atoms in total. The van der Waals surface area contributed by atoms with Crippen LogP contribution < -0.4 is 10.6 Å². The minimum absolute atomic E-state index is 0.433. The topological polar surface area (TPSA) is 75.6 Å². The lowest BCUT2D eigenvalue weighted by Crippen LogP contribution is -2.03. The molecular formula is C19H21ClN6. The zero-order valence-corrected chi connectivity index (χ0v) is 15.8. The number of hydrogen-bond donors (Lipinski definition) is 2. The molecule has 0 fully saturated rings. The van der Waals surface area contributed by atoms with Crippen LogP contribution in [0.1, 0.15) is 30.9 Å². The standard InChI is InChI=1S/C19H21ClN6/c1-4-13-6-7-14(23-18-8-12(3)21-11-22-18)9-15(13)24-19-10-16(20)25-17(5-2)26-19/h6-11H,4-5H2,1-3H3,(H,21,22,23)(H,24,25,26). The van der Waals surface area contributed by atoms with Crippen molar-refractivity contribution in [2.75, 3.05) is 10.6 Å². The minimum Gasteiger partial charge on any atom is -0.340 e. The summed E-state index contributed by atoms with van der Waals surface area (Å²) in [7, 11) is 0. The molecule has 26 heavy (non-hydrogen) atoms. The van der Waals surface area contributed by atoms with Crippen molar-refractivity contribution in [3.8, 4) is 0 Å². The largest absolute Gasteiger partial charge is 0.340 e. The summed E-state index contributed by atoms with van der Waals surface area (Å²) in [6, 6.07) is 9.79. The van der Waals surface area contributed by atoms with Gasteiger partial charge >= 0.3 is 0 Å². The van der Waals surface area contributed by atoms with Crippen LogP contribution in [-0.2, 0) is 12.8 Å². The van der Waals surface area contributed by atoms with E-state index in [-0.39, 0.29) is 0 Å². The quantitative estimate of drug-likeness (QED) is 0.606.